The third-order valence-corrected chi connectivity index (χ3v) is 6.28. The lowest BCUT2D eigenvalue weighted by Crippen LogP contribution is -2.33. The van der Waals surface area contributed by atoms with Crippen molar-refractivity contribution in [3.05, 3.63) is 40.7 Å². The van der Waals surface area contributed by atoms with Crippen LogP contribution in [0.25, 0.3) is 5.52 Å². The number of aromatic nitrogens is 1. The Morgan fingerprint density at radius 1 is 1.29 bits per heavy atom. The molecule has 1 saturated carbocycles. The van der Waals surface area contributed by atoms with Crippen LogP contribution in [0.2, 0.25) is 5.02 Å². The lowest BCUT2D eigenvalue weighted by Gasteiger charge is -2.28. The van der Waals surface area contributed by atoms with E-state index in [9.17, 15) is 13.6 Å². The number of nitrogens with zero attached hydrogens (tertiary/aromatic N) is 1. The van der Waals surface area contributed by atoms with Crippen molar-refractivity contribution in [2.45, 2.75) is 44.4 Å². The first-order chi connectivity index (χ1) is 13.4. The molecule has 1 amide bonds. The molecule has 2 aromatic rings. The minimum Gasteiger partial charge on any atom is -0.381 e. The summed E-state index contributed by atoms with van der Waals surface area (Å²) in [5, 5.41) is 3.47. The van der Waals surface area contributed by atoms with Gasteiger partial charge in [0.05, 0.1) is 16.1 Å². The molecule has 1 atom stereocenters. The van der Waals surface area contributed by atoms with Gasteiger partial charge in [-0.25, -0.2) is 8.78 Å². The Bertz CT molecular complexity index is 851. The third kappa shape index (κ3) is 4.18. The molecule has 0 bridgehead atoms. The lowest BCUT2D eigenvalue weighted by atomic mass is 9.87. The SMILES string of the molecule is O=C(NCC1CCC(F)(F)CC1)c1cc(C[C@@H]2CCOC2)n2cccc(Cl)c12. The second kappa shape index (κ2) is 7.99. The Hall–Kier alpha value is -1.66. The van der Waals surface area contributed by atoms with Crippen LogP contribution in [-0.4, -0.2) is 36.0 Å². The molecule has 1 N–H and O–H groups in total. The molecule has 0 spiro atoms. The highest BCUT2D eigenvalue weighted by Gasteiger charge is 2.35. The van der Waals surface area contributed by atoms with Gasteiger partial charge < -0.3 is 14.5 Å². The van der Waals surface area contributed by atoms with Crippen molar-refractivity contribution >= 4 is 23.0 Å². The quantitative estimate of drug-likeness (QED) is 0.774. The molecule has 3 heterocycles. The van der Waals surface area contributed by atoms with Crippen LogP contribution in [0.5, 0.6) is 0 Å². The highest BCUT2D eigenvalue weighted by Crippen LogP contribution is 2.36. The van der Waals surface area contributed by atoms with Gasteiger partial charge in [-0.05, 0) is 55.7 Å². The van der Waals surface area contributed by atoms with E-state index in [0.717, 1.165) is 31.7 Å². The molecule has 4 nitrogen and oxygen atoms in total. The van der Waals surface area contributed by atoms with Crippen molar-refractivity contribution < 1.29 is 18.3 Å². The van der Waals surface area contributed by atoms with Crippen LogP contribution < -0.4 is 5.32 Å². The summed E-state index contributed by atoms with van der Waals surface area (Å²) >= 11 is 6.41. The van der Waals surface area contributed by atoms with Gasteiger partial charge in [0, 0.05) is 44.5 Å². The molecule has 2 aromatic heterocycles. The van der Waals surface area contributed by atoms with Crippen molar-refractivity contribution in [2.24, 2.45) is 11.8 Å². The summed E-state index contributed by atoms with van der Waals surface area (Å²) in [6.45, 7) is 1.94. The van der Waals surface area contributed by atoms with Crippen LogP contribution in [0.3, 0.4) is 0 Å². The number of nitrogens with one attached hydrogen (secondary N) is 1. The van der Waals surface area contributed by atoms with Gasteiger partial charge in [0.25, 0.3) is 5.91 Å². The van der Waals surface area contributed by atoms with Crippen molar-refractivity contribution in [2.75, 3.05) is 19.8 Å². The van der Waals surface area contributed by atoms with Crippen LogP contribution in [0.15, 0.2) is 24.4 Å². The van der Waals surface area contributed by atoms with Crippen molar-refractivity contribution in [3.8, 4) is 0 Å². The van der Waals surface area contributed by atoms with Crippen LogP contribution in [-0.2, 0) is 11.2 Å². The van der Waals surface area contributed by atoms with E-state index in [1.807, 2.05) is 22.7 Å². The number of amides is 1. The minimum absolute atomic E-state index is 0.0951. The Labute approximate surface area is 168 Å². The normalized spacial score (nSPS) is 22.6. The van der Waals surface area contributed by atoms with E-state index >= 15 is 0 Å². The summed E-state index contributed by atoms with van der Waals surface area (Å²) < 4.78 is 34.1. The van der Waals surface area contributed by atoms with Gasteiger partial charge in [-0.15, -0.1) is 0 Å². The lowest BCUT2D eigenvalue weighted by molar-refractivity contribution is -0.0452. The molecule has 1 aliphatic carbocycles. The van der Waals surface area contributed by atoms with Crippen LogP contribution in [0, 0.1) is 11.8 Å². The zero-order valence-corrected chi connectivity index (χ0v) is 16.5. The molecular formula is C21H25ClF2N2O2. The van der Waals surface area contributed by atoms with Crippen LogP contribution in [0.1, 0.15) is 48.2 Å². The molecule has 2 fully saturated rings. The number of fused-ring (bicyclic) bond motifs is 1. The Morgan fingerprint density at radius 2 is 2.07 bits per heavy atom. The summed E-state index contributed by atoms with van der Waals surface area (Å²) in [6, 6.07) is 5.55. The number of hydrogen-bond acceptors (Lipinski definition) is 2. The fourth-order valence-corrected chi connectivity index (χ4v) is 4.56. The molecule has 2 aliphatic rings. The monoisotopic (exact) mass is 410 g/mol. The van der Waals surface area contributed by atoms with E-state index < -0.39 is 5.92 Å². The predicted molar refractivity (Wildman–Crippen MR) is 104 cm³/mol. The molecule has 0 unspecified atom stereocenters. The number of rotatable bonds is 5. The topological polar surface area (TPSA) is 42.7 Å². The number of carbonyl (C=O) groups excluding carboxylic acids is 1. The van der Waals surface area contributed by atoms with Crippen molar-refractivity contribution in [1.29, 1.82) is 0 Å². The molecule has 0 radical (unpaired) electrons. The van der Waals surface area contributed by atoms with E-state index in [1.165, 1.54) is 0 Å². The first-order valence-corrected chi connectivity index (χ1v) is 10.3. The first-order valence-electron chi connectivity index (χ1n) is 9.95. The second-order valence-electron chi connectivity index (χ2n) is 8.07. The van der Waals surface area contributed by atoms with Crippen molar-refractivity contribution in [1.82, 2.24) is 9.72 Å². The highest BCUT2D eigenvalue weighted by molar-refractivity contribution is 6.34. The number of alkyl halides is 2. The van der Waals surface area contributed by atoms with E-state index in [-0.39, 0.29) is 24.7 Å². The summed E-state index contributed by atoms with van der Waals surface area (Å²) in [6.07, 6.45) is 4.46. The summed E-state index contributed by atoms with van der Waals surface area (Å²) in [4.78, 5) is 12.9. The predicted octanol–water partition coefficient (Wildman–Crippen LogP) is 4.73. The molecule has 1 saturated heterocycles. The van der Waals surface area contributed by atoms with E-state index in [2.05, 4.69) is 5.32 Å². The van der Waals surface area contributed by atoms with Gasteiger partial charge in [0.1, 0.15) is 0 Å². The number of ether oxygens (including phenoxy) is 1. The number of hydrogen-bond donors (Lipinski definition) is 1. The number of carbonyl (C=O) groups is 1. The van der Waals surface area contributed by atoms with Gasteiger partial charge in [-0.2, -0.15) is 0 Å². The van der Waals surface area contributed by atoms with E-state index in [1.54, 1.807) is 6.07 Å². The average molecular weight is 411 g/mol. The second-order valence-corrected chi connectivity index (χ2v) is 8.47. The molecule has 4 rings (SSSR count). The summed E-state index contributed by atoms with van der Waals surface area (Å²) in [5.41, 5.74) is 2.28. The van der Waals surface area contributed by atoms with Gasteiger partial charge in [-0.1, -0.05) is 11.6 Å². The Kier molecular flexibility index (Phi) is 5.61. The maximum atomic E-state index is 13.3. The standard InChI is InChI=1S/C21H25ClF2N2O2/c22-18-2-1-8-26-16(10-15-5-9-28-13-15)11-17(19(18)26)20(27)25-12-14-3-6-21(23,24)7-4-14/h1-2,8,11,14-15H,3-7,9-10,12-13H2,(H,25,27)/t15-/m0/s1. The van der Waals surface area contributed by atoms with Gasteiger partial charge >= 0.3 is 0 Å². The summed E-state index contributed by atoms with van der Waals surface area (Å²) in [7, 11) is 0. The molecule has 0 aromatic carbocycles. The van der Waals surface area contributed by atoms with E-state index in [4.69, 9.17) is 16.3 Å². The fraction of sp³-hybridized carbons (Fsp3) is 0.571. The minimum atomic E-state index is -2.55. The van der Waals surface area contributed by atoms with Gasteiger partial charge in [-0.3, -0.25) is 4.79 Å². The third-order valence-electron chi connectivity index (χ3n) is 5.97. The molecule has 28 heavy (non-hydrogen) atoms. The Balaban J connectivity index is 1.50. The van der Waals surface area contributed by atoms with Crippen LogP contribution in [0.4, 0.5) is 8.78 Å². The number of halogens is 3. The van der Waals surface area contributed by atoms with Crippen molar-refractivity contribution in [3.63, 3.8) is 0 Å². The summed E-state index contributed by atoms with van der Waals surface area (Å²) in [5.74, 6) is -2.21. The zero-order valence-electron chi connectivity index (χ0n) is 15.7. The zero-order chi connectivity index (χ0) is 19.7. The number of pyridine rings is 1. The van der Waals surface area contributed by atoms with Gasteiger partial charge in [0.15, 0.2) is 0 Å². The highest BCUT2D eigenvalue weighted by atomic mass is 35.5. The first kappa shape index (κ1) is 19.6. The maximum Gasteiger partial charge on any atom is 0.253 e. The molecule has 7 heteroatoms. The Morgan fingerprint density at radius 3 is 2.79 bits per heavy atom. The largest absolute Gasteiger partial charge is 0.381 e. The molecule has 1 aliphatic heterocycles. The van der Waals surface area contributed by atoms with E-state index in [0.29, 0.717) is 41.4 Å². The molecular weight excluding hydrogens is 386 g/mol. The maximum absolute atomic E-state index is 13.3. The molecule has 152 valence electrons. The smallest absolute Gasteiger partial charge is 0.253 e. The van der Waals surface area contributed by atoms with Crippen LogP contribution >= 0.6 is 11.6 Å². The average Bonchev–Trinajstić information content (AvgIpc) is 3.30. The van der Waals surface area contributed by atoms with Gasteiger partial charge in [0.2, 0.25) is 5.92 Å². The fourth-order valence-electron chi connectivity index (χ4n) is 4.29.